The highest BCUT2D eigenvalue weighted by molar-refractivity contribution is 6.33. The number of ether oxygens (including phenoxy) is 1. The summed E-state index contributed by atoms with van der Waals surface area (Å²) in [4.78, 5) is 9.15. The van der Waals surface area contributed by atoms with Crippen LogP contribution >= 0.6 is 0 Å². The van der Waals surface area contributed by atoms with Crippen molar-refractivity contribution in [3.8, 4) is 0 Å². The molecule has 0 amide bonds. The average Bonchev–Trinajstić information content (AvgIpc) is 1.65. The van der Waals surface area contributed by atoms with E-state index < -0.39 is 13.7 Å². The van der Waals surface area contributed by atoms with Crippen LogP contribution in [0.4, 0.5) is 17.7 Å². The number of methoxy groups -OCH3 is 1. The molecular weight excluding hydrogens is 140 g/mol. The quantitative estimate of drug-likeness (QED) is 0.410. The number of carboxylic acid groups (broad SMARTS) is 1. The van der Waals surface area contributed by atoms with Gasteiger partial charge in [-0.05, 0) is 0 Å². The van der Waals surface area contributed by atoms with E-state index in [0.29, 0.717) is 0 Å². The van der Waals surface area contributed by atoms with Crippen LogP contribution in [0, 0.1) is 0 Å². The Morgan fingerprint density at radius 2 is 1.67 bits per heavy atom. The van der Waals surface area contributed by atoms with Crippen molar-refractivity contribution in [2.75, 3.05) is 7.11 Å². The van der Waals surface area contributed by atoms with E-state index in [1.807, 2.05) is 0 Å². The fourth-order valence-corrected chi connectivity index (χ4v) is 0. The van der Waals surface area contributed by atoms with E-state index in [1.54, 1.807) is 0 Å². The van der Waals surface area contributed by atoms with Crippen molar-refractivity contribution in [1.82, 2.24) is 0 Å². The molecular formula is C2H4BF3O3. The maximum atomic E-state index is 9.67. The Hall–Kier alpha value is -0.875. The molecule has 0 fully saturated rings. The van der Waals surface area contributed by atoms with E-state index in [0.717, 1.165) is 7.11 Å². The second-order valence-electron chi connectivity index (χ2n) is 0.717. The van der Waals surface area contributed by atoms with Gasteiger partial charge >= 0.3 is 13.7 Å². The van der Waals surface area contributed by atoms with Crippen molar-refractivity contribution in [2.24, 2.45) is 0 Å². The second-order valence-corrected chi connectivity index (χ2v) is 0.717. The van der Waals surface area contributed by atoms with Crippen molar-refractivity contribution in [1.29, 1.82) is 0 Å². The Balaban J connectivity index is 0. The predicted molar refractivity (Wildman–Crippen MR) is 24.1 cm³/mol. The largest absolute Gasteiger partial charge is 0.762 e. The minimum atomic E-state index is -3.67. The first kappa shape index (κ1) is 11.0. The van der Waals surface area contributed by atoms with Crippen LogP contribution in [0.25, 0.3) is 0 Å². The maximum absolute atomic E-state index is 9.67. The minimum absolute atomic E-state index is 1.10. The Kier molecular flexibility index (Phi) is 8.70. The summed E-state index contributed by atoms with van der Waals surface area (Å²) in [6.07, 6.45) is -1.25. The number of rotatable bonds is 0. The normalized spacial score (nSPS) is 6.67. The van der Waals surface area contributed by atoms with Crippen molar-refractivity contribution in [3.05, 3.63) is 0 Å². The SMILES string of the molecule is COC(=O)O.FB(F)F. The van der Waals surface area contributed by atoms with Gasteiger partial charge < -0.3 is 9.84 Å². The van der Waals surface area contributed by atoms with Gasteiger partial charge in [-0.25, -0.2) is 4.79 Å². The number of halogens is 3. The zero-order chi connectivity index (χ0) is 7.86. The lowest BCUT2D eigenvalue weighted by molar-refractivity contribution is 0.114. The molecule has 0 atom stereocenters. The van der Waals surface area contributed by atoms with Crippen LogP contribution in [0.3, 0.4) is 0 Å². The Morgan fingerprint density at radius 1 is 1.56 bits per heavy atom. The Morgan fingerprint density at radius 3 is 1.67 bits per heavy atom. The first-order valence-corrected chi connectivity index (χ1v) is 1.69. The summed E-state index contributed by atoms with van der Waals surface area (Å²) in [6, 6.07) is 0. The van der Waals surface area contributed by atoms with Crippen molar-refractivity contribution in [3.63, 3.8) is 0 Å². The summed E-state index contributed by atoms with van der Waals surface area (Å²) in [5.41, 5.74) is 0. The zero-order valence-electron chi connectivity index (χ0n) is 4.47. The smallest absolute Gasteiger partial charge is 0.450 e. The predicted octanol–water partition coefficient (Wildman–Crippen LogP) is 1.19. The molecule has 7 heteroatoms. The Labute approximate surface area is 49.6 Å². The van der Waals surface area contributed by atoms with Crippen LogP contribution in [-0.2, 0) is 4.74 Å². The Bertz CT molecular complexity index is 74.7. The molecule has 54 valence electrons. The van der Waals surface area contributed by atoms with Crippen molar-refractivity contribution in [2.45, 2.75) is 0 Å². The molecule has 0 unspecified atom stereocenters. The molecule has 0 heterocycles. The monoisotopic (exact) mass is 144 g/mol. The standard InChI is InChI=1S/C2H4O3.BF3/c1-5-2(3)4;2-1(3)4/h1H3,(H,3,4);. The third kappa shape index (κ3) is 148. The van der Waals surface area contributed by atoms with Gasteiger partial charge in [-0.3, -0.25) is 12.9 Å². The lowest BCUT2D eigenvalue weighted by Gasteiger charge is -1.79. The maximum Gasteiger partial charge on any atom is 0.762 e. The van der Waals surface area contributed by atoms with Gasteiger partial charge in [0.25, 0.3) is 0 Å². The van der Waals surface area contributed by atoms with Crippen molar-refractivity contribution >= 4 is 13.7 Å². The summed E-state index contributed by atoms with van der Waals surface area (Å²) in [5.74, 6) is 0. The van der Waals surface area contributed by atoms with Crippen LogP contribution in [0.15, 0.2) is 0 Å². The molecule has 0 aromatic heterocycles. The molecule has 0 saturated carbocycles. The molecule has 1 N–H and O–H groups in total. The van der Waals surface area contributed by atoms with Gasteiger partial charge in [-0.15, -0.1) is 0 Å². The molecule has 0 spiro atoms. The van der Waals surface area contributed by atoms with Gasteiger partial charge in [0.15, 0.2) is 0 Å². The first-order chi connectivity index (χ1) is 4.00. The molecule has 0 rings (SSSR count). The van der Waals surface area contributed by atoms with E-state index in [2.05, 4.69) is 4.74 Å². The molecule has 0 saturated heterocycles. The summed E-state index contributed by atoms with van der Waals surface area (Å²) in [7, 11) is -2.57. The van der Waals surface area contributed by atoms with Gasteiger partial charge in [-0.1, -0.05) is 0 Å². The fourth-order valence-electron chi connectivity index (χ4n) is 0. The van der Waals surface area contributed by atoms with Crippen LogP contribution in [0.5, 0.6) is 0 Å². The lowest BCUT2D eigenvalue weighted by atomic mass is 10.5. The molecule has 0 aliphatic heterocycles. The summed E-state index contributed by atoms with van der Waals surface area (Å²) >= 11 is 0. The number of carbonyl (C=O) groups is 1. The first-order valence-electron chi connectivity index (χ1n) is 1.69. The van der Waals surface area contributed by atoms with E-state index in [4.69, 9.17) is 9.90 Å². The molecule has 3 nitrogen and oxygen atoms in total. The number of hydrogen-bond acceptors (Lipinski definition) is 2. The van der Waals surface area contributed by atoms with E-state index in [-0.39, 0.29) is 0 Å². The lowest BCUT2D eigenvalue weighted by Crippen LogP contribution is -1.91. The molecule has 0 aromatic carbocycles. The average molecular weight is 144 g/mol. The number of hydrogen-bond donors (Lipinski definition) is 1. The minimum Gasteiger partial charge on any atom is -0.450 e. The highest BCUT2D eigenvalue weighted by atomic mass is 19.4. The van der Waals surface area contributed by atoms with E-state index in [1.165, 1.54) is 0 Å². The van der Waals surface area contributed by atoms with Gasteiger partial charge in [0.1, 0.15) is 0 Å². The summed E-state index contributed by atoms with van der Waals surface area (Å²) < 4.78 is 32.7. The molecule has 0 aliphatic carbocycles. The second kappa shape index (κ2) is 7.12. The van der Waals surface area contributed by atoms with E-state index in [9.17, 15) is 12.9 Å². The van der Waals surface area contributed by atoms with Crippen LogP contribution < -0.4 is 0 Å². The molecule has 9 heavy (non-hydrogen) atoms. The van der Waals surface area contributed by atoms with Crippen LogP contribution in [-0.4, -0.2) is 25.9 Å². The van der Waals surface area contributed by atoms with Gasteiger partial charge in [0.05, 0.1) is 7.11 Å². The highest BCUT2D eigenvalue weighted by Crippen LogP contribution is 1.80. The third-order valence-corrected chi connectivity index (χ3v) is 0.175. The molecule has 0 bridgehead atoms. The van der Waals surface area contributed by atoms with Gasteiger partial charge in [-0.2, -0.15) is 0 Å². The molecule has 0 aliphatic rings. The molecule has 0 aromatic rings. The highest BCUT2D eigenvalue weighted by Gasteiger charge is 2.06. The summed E-state index contributed by atoms with van der Waals surface area (Å²) in [6.45, 7) is 0. The van der Waals surface area contributed by atoms with Gasteiger partial charge in [0, 0.05) is 0 Å². The van der Waals surface area contributed by atoms with Crippen LogP contribution in [0.2, 0.25) is 0 Å². The fraction of sp³-hybridized carbons (Fsp3) is 0.500. The van der Waals surface area contributed by atoms with Crippen molar-refractivity contribution < 1.29 is 27.6 Å². The molecule has 0 radical (unpaired) electrons. The summed E-state index contributed by atoms with van der Waals surface area (Å²) in [5, 5.41) is 7.50. The van der Waals surface area contributed by atoms with Crippen LogP contribution in [0.1, 0.15) is 0 Å². The van der Waals surface area contributed by atoms with Gasteiger partial charge in [0.2, 0.25) is 0 Å². The van der Waals surface area contributed by atoms with E-state index >= 15 is 0 Å². The zero-order valence-corrected chi connectivity index (χ0v) is 4.47. The third-order valence-electron chi connectivity index (χ3n) is 0.175. The topological polar surface area (TPSA) is 46.5 Å².